The molecule has 1 heterocycles. The zero-order valence-corrected chi connectivity index (χ0v) is 14.8. The molecule has 5 nitrogen and oxygen atoms in total. The molecular formula is C18H16F2N2O3S. The molecule has 0 unspecified atom stereocenters. The van der Waals surface area contributed by atoms with E-state index in [4.69, 9.17) is 0 Å². The van der Waals surface area contributed by atoms with Crippen LogP contribution >= 0.6 is 0 Å². The second kappa shape index (κ2) is 6.53. The van der Waals surface area contributed by atoms with Crippen molar-refractivity contribution in [2.75, 3.05) is 6.26 Å². The quantitative estimate of drug-likeness (QED) is 0.756. The molecule has 0 aliphatic carbocycles. The lowest BCUT2D eigenvalue weighted by Gasteiger charge is -2.05. The highest BCUT2D eigenvalue weighted by Gasteiger charge is 2.15. The van der Waals surface area contributed by atoms with Crippen molar-refractivity contribution in [1.82, 2.24) is 9.29 Å². The maximum atomic E-state index is 12.7. The number of carbonyl (C=O) groups excluding carboxylic acids is 1. The summed E-state index contributed by atoms with van der Waals surface area (Å²) in [5.41, 5.74) is 2.49. The van der Waals surface area contributed by atoms with Gasteiger partial charge in [-0.2, -0.15) is 0 Å². The second-order valence-electron chi connectivity index (χ2n) is 6.01. The average molecular weight is 378 g/mol. The Bertz CT molecular complexity index is 1090. The third kappa shape index (κ3) is 3.60. The summed E-state index contributed by atoms with van der Waals surface area (Å²) in [4.78, 5) is 12.0. The molecular weight excluding hydrogens is 362 g/mol. The first-order valence-electron chi connectivity index (χ1n) is 7.65. The van der Waals surface area contributed by atoms with Crippen LogP contribution in [0.5, 0.6) is 0 Å². The van der Waals surface area contributed by atoms with Crippen molar-refractivity contribution in [2.45, 2.75) is 6.43 Å². The molecule has 3 rings (SSSR count). The van der Waals surface area contributed by atoms with Crippen LogP contribution in [0.4, 0.5) is 8.78 Å². The van der Waals surface area contributed by atoms with Gasteiger partial charge < -0.3 is 4.57 Å². The van der Waals surface area contributed by atoms with Crippen molar-refractivity contribution in [1.29, 1.82) is 0 Å². The summed E-state index contributed by atoms with van der Waals surface area (Å²) < 4.78 is 51.6. The van der Waals surface area contributed by atoms with Crippen LogP contribution in [-0.4, -0.2) is 25.1 Å². The zero-order chi connectivity index (χ0) is 19.1. The van der Waals surface area contributed by atoms with Crippen LogP contribution in [0.3, 0.4) is 0 Å². The fourth-order valence-electron chi connectivity index (χ4n) is 2.79. The number of rotatable bonds is 4. The lowest BCUT2D eigenvalue weighted by atomic mass is 10.0. The molecule has 136 valence electrons. The summed E-state index contributed by atoms with van der Waals surface area (Å²) in [6, 6.07) is 10.8. The Morgan fingerprint density at radius 3 is 2.35 bits per heavy atom. The number of hydrogen-bond donors (Lipinski definition) is 1. The third-order valence-corrected chi connectivity index (χ3v) is 4.56. The van der Waals surface area contributed by atoms with Gasteiger partial charge in [0.15, 0.2) is 0 Å². The molecule has 0 aliphatic heterocycles. The summed E-state index contributed by atoms with van der Waals surface area (Å²) in [7, 11) is -1.86. The van der Waals surface area contributed by atoms with Crippen molar-refractivity contribution in [3.63, 3.8) is 0 Å². The van der Waals surface area contributed by atoms with Crippen LogP contribution in [-0.2, 0) is 17.1 Å². The van der Waals surface area contributed by atoms with Gasteiger partial charge in [-0.15, -0.1) is 0 Å². The first kappa shape index (κ1) is 18.1. The van der Waals surface area contributed by atoms with Crippen molar-refractivity contribution >= 4 is 26.8 Å². The van der Waals surface area contributed by atoms with E-state index in [2.05, 4.69) is 0 Å². The third-order valence-electron chi connectivity index (χ3n) is 4.00. The fourth-order valence-corrected chi connectivity index (χ4v) is 3.25. The van der Waals surface area contributed by atoms with E-state index in [9.17, 15) is 22.0 Å². The predicted octanol–water partition coefficient (Wildman–Crippen LogP) is 3.47. The number of amides is 1. The molecule has 26 heavy (non-hydrogen) atoms. The Morgan fingerprint density at radius 1 is 1.12 bits per heavy atom. The molecule has 0 atom stereocenters. The minimum atomic E-state index is -3.65. The van der Waals surface area contributed by atoms with E-state index >= 15 is 0 Å². The molecule has 8 heteroatoms. The van der Waals surface area contributed by atoms with Gasteiger partial charge in [-0.3, -0.25) is 4.79 Å². The van der Waals surface area contributed by atoms with Gasteiger partial charge in [0, 0.05) is 40.8 Å². The van der Waals surface area contributed by atoms with Crippen molar-refractivity contribution in [3.05, 3.63) is 59.8 Å². The lowest BCUT2D eigenvalue weighted by Crippen LogP contribution is -2.29. The minimum absolute atomic E-state index is 0.0475. The number of nitrogens with one attached hydrogen (secondary N) is 1. The number of halogens is 2. The largest absolute Gasteiger partial charge is 0.350 e. The van der Waals surface area contributed by atoms with Crippen LogP contribution in [0.15, 0.2) is 48.7 Å². The molecule has 0 spiro atoms. The number of nitrogens with zero attached hydrogens (tertiary/aromatic N) is 1. The topological polar surface area (TPSA) is 68.2 Å². The maximum absolute atomic E-state index is 12.7. The van der Waals surface area contributed by atoms with E-state index in [1.54, 1.807) is 35.9 Å². The molecule has 1 aromatic heterocycles. The number of alkyl halides is 2. The second-order valence-corrected chi connectivity index (χ2v) is 7.76. The highest BCUT2D eigenvalue weighted by atomic mass is 32.2. The van der Waals surface area contributed by atoms with Gasteiger partial charge in [0.2, 0.25) is 10.0 Å². The molecule has 3 aromatic rings. The molecule has 0 radical (unpaired) electrons. The van der Waals surface area contributed by atoms with Crippen LogP contribution < -0.4 is 4.72 Å². The summed E-state index contributed by atoms with van der Waals surface area (Å²) in [6.45, 7) is 0. The summed E-state index contributed by atoms with van der Waals surface area (Å²) >= 11 is 0. The standard InChI is InChI=1S/C18H16F2N2O3S/c1-22-10-15(11-3-5-12(6-4-11)17(19)20)14-8-7-13(9-16(14)22)18(23)21-26(2,24)25/h3-10,17H,1-2H3,(H,21,23). The Labute approximate surface area is 149 Å². The molecule has 0 bridgehead atoms. The van der Waals surface area contributed by atoms with E-state index in [-0.39, 0.29) is 11.1 Å². The van der Waals surface area contributed by atoms with E-state index in [0.29, 0.717) is 0 Å². The number of hydrogen-bond acceptors (Lipinski definition) is 3. The lowest BCUT2D eigenvalue weighted by molar-refractivity contribution is 0.0981. The van der Waals surface area contributed by atoms with Gasteiger partial charge in [0.1, 0.15) is 0 Å². The van der Waals surface area contributed by atoms with Crippen molar-refractivity contribution in [3.8, 4) is 11.1 Å². The molecule has 2 aromatic carbocycles. The van der Waals surface area contributed by atoms with Crippen molar-refractivity contribution < 1.29 is 22.0 Å². The van der Waals surface area contributed by atoms with Crippen LogP contribution in [0.25, 0.3) is 22.0 Å². The van der Waals surface area contributed by atoms with E-state index in [1.165, 1.54) is 18.2 Å². The summed E-state index contributed by atoms with van der Waals surface area (Å²) in [6.07, 6.45) is 0.223. The number of aryl methyl sites for hydroxylation is 1. The van der Waals surface area contributed by atoms with Crippen LogP contribution in [0.2, 0.25) is 0 Å². The zero-order valence-electron chi connectivity index (χ0n) is 14.0. The average Bonchev–Trinajstić information content (AvgIpc) is 2.90. The molecule has 0 saturated carbocycles. The molecule has 0 fully saturated rings. The monoisotopic (exact) mass is 378 g/mol. The summed E-state index contributed by atoms with van der Waals surface area (Å²) in [5, 5.41) is 0.827. The Kier molecular flexibility index (Phi) is 4.53. The number of carbonyl (C=O) groups is 1. The smallest absolute Gasteiger partial charge is 0.264 e. The highest BCUT2D eigenvalue weighted by molar-refractivity contribution is 7.89. The van der Waals surface area contributed by atoms with E-state index in [1.807, 2.05) is 10.9 Å². The minimum Gasteiger partial charge on any atom is -0.350 e. The van der Waals surface area contributed by atoms with E-state index < -0.39 is 22.4 Å². The van der Waals surface area contributed by atoms with Crippen LogP contribution in [0.1, 0.15) is 22.3 Å². The Hall–Kier alpha value is -2.74. The Balaban J connectivity index is 2.03. The first-order valence-corrected chi connectivity index (χ1v) is 9.54. The van der Waals surface area contributed by atoms with Crippen molar-refractivity contribution in [2.24, 2.45) is 7.05 Å². The SMILES string of the molecule is Cn1cc(-c2ccc(C(F)F)cc2)c2ccc(C(=O)NS(C)(=O)=O)cc21. The molecule has 1 amide bonds. The van der Waals surface area contributed by atoms with Gasteiger partial charge in [0.05, 0.1) is 6.26 Å². The van der Waals surface area contributed by atoms with Crippen LogP contribution in [0, 0.1) is 0 Å². The molecule has 1 N–H and O–H groups in total. The first-order chi connectivity index (χ1) is 12.2. The number of fused-ring (bicyclic) bond motifs is 1. The van der Waals surface area contributed by atoms with Gasteiger partial charge >= 0.3 is 0 Å². The number of sulfonamides is 1. The number of aromatic nitrogens is 1. The predicted molar refractivity (Wildman–Crippen MR) is 95.6 cm³/mol. The van der Waals surface area contributed by atoms with Gasteiger partial charge in [0.25, 0.3) is 12.3 Å². The highest BCUT2D eigenvalue weighted by Crippen LogP contribution is 2.32. The fraction of sp³-hybridized carbons (Fsp3) is 0.167. The number of benzene rings is 2. The molecule has 0 saturated heterocycles. The van der Waals surface area contributed by atoms with Gasteiger partial charge in [-0.25, -0.2) is 21.9 Å². The Morgan fingerprint density at radius 2 is 1.77 bits per heavy atom. The summed E-state index contributed by atoms with van der Waals surface area (Å²) in [5.74, 6) is -0.710. The maximum Gasteiger partial charge on any atom is 0.264 e. The van der Waals surface area contributed by atoms with E-state index in [0.717, 1.165) is 28.3 Å². The molecule has 0 aliphatic rings. The van der Waals surface area contributed by atoms with Gasteiger partial charge in [-0.1, -0.05) is 30.3 Å². The normalized spacial score (nSPS) is 11.9. The van der Waals surface area contributed by atoms with Gasteiger partial charge in [-0.05, 0) is 17.7 Å².